The standard InChI is InChI=1S/C19H23N3OS/c1-15-17(21-19(23-15)18-8-5-13-24-18)14-22(12-10-20)11-9-16-6-3-2-4-7-16/h2-8,13H,9-12,14,20H2,1H3. The summed E-state index contributed by atoms with van der Waals surface area (Å²) in [6.45, 7) is 5.21. The van der Waals surface area contributed by atoms with Gasteiger partial charge in [0.15, 0.2) is 0 Å². The van der Waals surface area contributed by atoms with E-state index in [1.54, 1.807) is 11.3 Å². The van der Waals surface area contributed by atoms with Gasteiger partial charge in [0, 0.05) is 26.2 Å². The molecule has 3 rings (SSSR count). The third-order valence-electron chi connectivity index (χ3n) is 4.00. The number of hydrogen-bond acceptors (Lipinski definition) is 5. The number of aryl methyl sites for hydroxylation is 1. The van der Waals surface area contributed by atoms with Gasteiger partial charge in [0.25, 0.3) is 0 Å². The Kier molecular flexibility index (Phi) is 5.80. The first-order chi connectivity index (χ1) is 11.8. The van der Waals surface area contributed by atoms with E-state index in [9.17, 15) is 0 Å². The Morgan fingerprint density at radius 2 is 1.96 bits per heavy atom. The van der Waals surface area contributed by atoms with E-state index in [1.165, 1.54) is 5.56 Å². The molecular formula is C19H23N3OS. The molecular weight excluding hydrogens is 318 g/mol. The molecule has 2 aromatic heterocycles. The summed E-state index contributed by atoms with van der Waals surface area (Å²) in [4.78, 5) is 8.10. The lowest BCUT2D eigenvalue weighted by Crippen LogP contribution is -2.31. The van der Waals surface area contributed by atoms with Crippen molar-refractivity contribution in [1.82, 2.24) is 9.88 Å². The van der Waals surface area contributed by atoms with Crippen molar-refractivity contribution >= 4 is 11.3 Å². The first-order valence-electron chi connectivity index (χ1n) is 8.23. The molecule has 0 radical (unpaired) electrons. The highest BCUT2D eigenvalue weighted by Gasteiger charge is 2.15. The molecule has 0 saturated carbocycles. The maximum atomic E-state index is 5.84. The van der Waals surface area contributed by atoms with Crippen LogP contribution in [0.3, 0.4) is 0 Å². The molecule has 3 aromatic rings. The molecule has 0 unspecified atom stereocenters. The average Bonchev–Trinajstić information content (AvgIpc) is 3.24. The average molecular weight is 341 g/mol. The molecule has 24 heavy (non-hydrogen) atoms. The second kappa shape index (κ2) is 8.24. The van der Waals surface area contributed by atoms with Gasteiger partial charge in [-0.25, -0.2) is 4.98 Å². The van der Waals surface area contributed by atoms with Crippen LogP contribution in [0.25, 0.3) is 10.8 Å². The molecule has 0 atom stereocenters. The molecule has 126 valence electrons. The van der Waals surface area contributed by atoms with Gasteiger partial charge >= 0.3 is 0 Å². The monoisotopic (exact) mass is 341 g/mol. The van der Waals surface area contributed by atoms with Crippen molar-refractivity contribution in [1.29, 1.82) is 0 Å². The highest BCUT2D eigenvalue weighted by molar-refractivity contribution is 7.13. The predicted octanol–water partition coefficient (Wildman–Crippen LogP) is 3.71. The Balaban J connectivity index is 1.67. The summed E-state index contributed by atoms with van der Waals surface area (Å²) < 4.78 is 5.84. The normalized spacial score (nSPS) is 11.3. The Hall–Kier alpha value is -1.95. The third-order valence-corrected chi connectivity index (χ3v) is 4.86. The molecule has 0 saturated heterocycles. The molecule has 0 spiro atoms. The summed E-state index contributed by atoms with van der Waals surface area (Å²) in [5, 5.41) is 2.04. The Morgan fingerprint density at radius 3 is 2.67 bits per heavy atom. The fraction of sp³-hybridized carbons (Fsp3) is 0.316. The van der Waals surface area contributed by atoms with Crippen LogP contribution in [-0.2, 0) is 13.0 Å². The maximum absolute atomic E-state index is 5.84. The first kappa shape index (κ1) is 16.9. The predicted molar refractivity (Wildman–Crippen MR) is 99.0 cm³/mol. The number of aromatic nitrogens is 1. The number of rotatable bonds is 8. The van der Waals surface area contributed by atoms with E-state index in [0.717, 1.165) is 42.4 Å². The molecule has 0 amide bonds. The first-order valence-corrected chi connectivity index (χ1v) is 9.11. The zero-order chi connectivity index (χ0) is 16.8. The Morgan fingerprint density at radius 1 is 1.12 bits per heavy atom. The van der Waals surface area contributed by atoms with Crippen LogP contribution >= 0.6 is 11.3 Å². The van der Waals surface area contributed by atoms with Crippen molar-refractivity contribution < 1.29 is 4.42 Å². The van der Waals surface area contributed by atoms with Gasteiger partial charge in [0.2, 0.25) is 5.89 Å². The van der Waals surface area contributed by atoms with Crippen LogP contribution in [0.15, 0.2) is 52.3 Å². The van der Waals surface area contributed by atoms with Gasteiger partial charge in [0.1, 0.15) is 5.76 Å². The van der Waals surface area contributed by atoms with E-state index in [2.05, 4.69) is 29.2 Å². The minimum Gasteiger partial charge on any atom is -0.440 e. The van der Waals surface area contributed by atoms with Gasteiger partial charge in [-0.15, -0.1) is 11.3 Å². The third kappa shape index (κ3) is 4.32. The van der Waals surface area contributed by atoms with E-state index < -0.39 is 0 Å². The van der Waals surface area contributed by atoms with Crippen molar-refractivity contribution in [3.8, 4) is 10.8 Å². The van der Waals surface area contributed by atoms with Crippen molar-refractivity contribution in [2.45, 2.75) is 19.9 Å². The van der Waals surface area contributed by atoms with Crippen LogP contribution in [0.1, 0.15) is 17.0 Å². The molecule has 2 heterocycles. The number of nitrogens with zero attached hydrogens (tertiary/aromatic N) is 2. The maximum Gasteiger partial charge on any atom is 0.236 e. The van der Waals surface area contributed by atoms with Crippen molar-refractivity contribution in [2.24, 2.45) is 5.73 Å². The largest absolute Gasteiger partial charge is 0.440 e. The summed E-state index contributed by atoms with van der Waals surface area (Å²) in [5.41, 5.74) is 8.13. The topological polar surface area (TPSA) is 55.3 Å². The molecule has 0 aliphatic carbocycles. The number of benzene rings is 1. The smallest absolute Gasteiger partial charge is 0.236 e. The van der Waals surface area contributed by atoms with Crippen molar-refractivity contribution in [3.05, 3.63) is 64.9 Å². The minimum atomic E-state index is 0.642. The second-order valence-corrected chi connectivity index (χ2v) is 6.75. The number of nitrogens with two attached hydrogens (primary N) is 1. The van der Waals surface area contributed by atoms with Gasteiger partial charge in [-0.1, -0.05) is 36.4 Å². The zero-order valence-electron chi connectivity index (χ0n) is 13.9. The fourth-order valence-corrected chi connectivity index (χ4v) is 3.33. The van der Waals surface area contributed by atoms with Crippen molar-refractivity contribution in [2.75, 3.05) is 19.6 Å². The van der Waals surface area contributed by atoms with E-state index in [0.29, 0.717) is 12.4 Å². The highest BCUT2D eigenvalue weighted by atomic mass is 32.1. The fourth-order valence-electron chi connectivity index (χ4n) is 2.68. The lowest BCUT2D eigenvalue weighted by atomic mass is 10.1. The second-order valence-electron chi connectivity index (χ2n) is 5.80. The van der Waals surface area contributed by atoms with E-state index in [4.69, 9.17) is 15.1 Å². The molecule has 5 heteroatoms. The Bertz CT molecular complexity index is 737. The number of thiophene rings is 1. The lowest BCUT2D eigenvalue weighted by Gasteiger charge is -2.20. The lowest BCUT2D eigenvalue weighted by molar-refractivity contribution is 0.272. The van der Waals surface area contributed by atoms with Crippen LogP contribution in [-0.4, -0.2) is 29.5 Å². The van der Waals surface area contributed by atoms with Gasteiger partial charge < -0.3 is 10.2 Å². The molecule has 0 fully saturated rings. The van der Waals surface area contributed by atoms with E-state index >= 15 is 0 Å². The van der Waals surface area contributed by atoms with Gasteiger partial charge in [-0.2, -0.15) is 0 Å². The summed E-state index contributed by atoms with van der Waals surface area (Å²) in [7, 11) is 0. The molecule has 2 N–H and O–H groups in total. The SMILES string of the molecule is Cc1oc(-c2cccs2)nc1CN(CCN)CCc1ccccc1. The highest BCUT2D eigenvalue weighted by Crippen LogP contribution is 2.26. The summed E-state index contributed by atoms with van der Waals surface area (Å²) in [6, 6.07) is 14.6. The Labute approximate surface area is 146 Å². The molecule has 0 aliphatic heterocycles. The van der Waals surface area contributed by atoms with Gasteiger partial charge in [0.05, 0.1) is 10.6 Å². The van der Waals surface area contributed by atoms with Gasteiger partial charge in [-0.3, -0.25) is 4.90 Å². The summed E-state index contributed by atoms with van der Waals surface area (Å²) in [6.07, 6.45) is 1.01. The summed E-state index contributed by atoms with van der Waals surface area (Å²) >= 11 is 1.64. The molecule has 0 bridgehead atoms. The zero-order valence-corrected chi connectivity index (χ0v) is 14.8. The van der Waals surface area contributed by atoms with Crippen LogP contribution in [0.2, 0.25) is 0 Å². The molecule has 4 nitrogen and oxygen atoms in total. The van der Waals surface area contributed by atoms with E-state index in [-0.39, 0.29) is 0 Å². The van der Waals surface area contributed by atoms with Crippen LogP contribution in [0.4, 0.5) is 0 Å². The quantitative estimate of drug-likeness (QED) is 0.678. The number of oxazole rings is 1. The molecule has 1 aromatic carbocycles. The number of hydrogen-bond donors (Lipinski definition) is 1. The van der Waals surface area contributed by atoms with Crippen LogP contribution in [0, 0.1) is 6.92 Å². The summed E-state index contributed by atoms with van der Waals surface area (Å²) in [5.74, 6) is 1.60. The van der Waals surface area contributed by atoms with Crippen molar-refractivity contribution in [3.63, 3.8) is 0 Å². The minimum absolute atomic E-state index is 0.642. The van der Waals surface area contributed by atoms with E-state index in [1.807, 2.05) is 30.5 Å². The van der Waals surface area contributed by atoms with Crippen LogP contribution in [0.5, 0.6) is 0 Å². The van der Waals surface area contributed by atoms with Gasteiger partial charge in [-0.05, 0) is 30.4 Å². The van der Waals surface area contributed by atoms with Crippen LogP contribution < -0.4 is 5.73 Å². The molecule has 0 aliphatic rings.